The van der Waals surface area contributed by atoms with Crippen LogP contribution in [0, 0.1) is 20.8 Å². The van der Waals surface area contributed by atoms with Crippen molar-refractivity contribution in [3.8, 4) is 0 Å². The number of esters is 1. The molecular weight excluding hydrogens is 700 g/mol. The molecule has 12 heteroatoms. The number of hydrogen-bond donors (Lipinski definition) is 1. The third kappa shape index (κ3) is 10.0. The van der Waals surface area contributed by atoms with Crippen LogP contribution in [-0.2, 0) is 39.9 Å². The lowest BCUT2D eigenvalue weighted by atomic mass is 9.75. The Balaban J connectivity index is 0.000000259. The first-order valence-corrected chi connectivity index (χ1v) is 17.8. The number of benzene rings is 3. The van der Waals surface area contributed by atoms with E-state index in [1.165, 1.54) is 7.11 Å². The van der Waals surface area contributed by atoms with Gasteiger partial charge in [-0.3, -0.25) is 4.79 Å². The maximum atomic E-state index is 12.0. The number of ether oxygens (including phenoxy) is 1. The van der Waals surface area contributed by atoms with E-state index in [2.05, 4.69) is 15.9 Å². The van der Waals surface area contributed by atoms with Crippen LogP contribution in [0.5, 0.6) is 0 Å². The lowest BCUT2D eigenvalue weighted by molar-refractivity contribution is -0.146. The monoisotopic (exact) mass is 741 g/mol. The van der Waals surface area contributed by atoms with Crippen LogP contribution in [0.25, 0.3) is 0 Å². The van der Waals surface area contributed by atoms with Gasteiger partial charge in [0.25, 0.3) is 9.05 Å². The highest BCUT2D eigenvalue weighted by Gasteiger charge is 2.51. The van der Waals surface area contributed by atoms with E-state index in [1.54, 1.807) is 13.8 Å². The minimum atomic E-state index is -3.61. The molecule has 4 rings (SSSR count). The first kappa shape index (κ1) is 39.3. The highest BCUT2D eigenvalue weighted by molar-refractivity contribution is 9.10. The Morgan fingerprint density at radius 3 is 1.96 bits per heavy atom. The van der Waals surface area contributed by atoms with Gasteiger partial charge in [0.05, 0.1) is 28.6 Å². The molecule has 1 fully saturated rings. The normalized spacial score (nSPS) is 15.4. The molecule has 0 saturated carbocycles. The number of hydrogen-bond acceptors (Lipinski definition) is 7. The Bertz CT molecular complexity index is 1590. The van der Waals surface area contributed by atoms with Crippen molar-refractivity contribution in [3.63, 3.8) is 0 Å². The highest BCUT2D eigenvalue weighted by atomic mass is 79.9. The van der Waals surface area contributed by atoms with E-state index in [0.29, 0.717) is 17.7 Å². The Morgan fingerprint density at radius 1 is 0.978 bits per heavy atom. The van der Waals surface area contributed by atoms with Gasteiger partial charge in [0.2, 0.25) is 0 Å². The summed E-state index contributed by atoms with van der Waals surface area (Å²) in [6.07, 6.45) is 0. The van der Waals surface area contributed by atoms with Crippen LogP contribution < -0.4 is 11.2 Å². The van der Waals surface area contributed by atoms with E-state index < -0.39 is 21.6 Å². The van der Waals surface area contributed by atoms with Gasteiger partial charge in [-0.1, -0.05) is 75.6 Å². The van der Waals surface area contributed by atoms with Crippen molar-refractivity contribution in [1.29, 1.82) is 0 Å². The molecule has 2 N–H and O–H groups in total. The van der Waals surface area contributed by atoms with Crippen LogP contribution in [0.4, 0.5) is 0 Å². The number of halogens is 3. The van der Waals surface area contributed by atoms with E-state index in [1.807, 2.05) is 103 Å². The quantitative estimate of drug-likeness (QED) is 0.164. The summed E-state index contributed by atoms with van der Waals surface area (Å²) in [4.78, 5) is 12.2. The molecule has 246 valence electrons. The zero-order valence-corrected chi connectivity index (χ0v) is 31.5. The zero-order chi connectivity index (χ0) is 34.5. The molecule has 3 aromatic rings. The van der Waals surface area contributed by atoms with Crippen LogP contribution in [0.2, 0.25) is 5.02 Å². The molecule has 1 saturated heterocycles. The molecule has 0 unspecified atom stereocenters. The fraction of sp³-hybridized carbons (Fsp3) is 0.424. The summed E-state index contributed by atoms with van der Waals surface area (Å²) in [5.74, 6) is -0.265. The highest BCUT2D eigenvalue weighted by Crippen LogP contribution is 2.37. The third-order valence-electron chi connectivity index (χ3n) is 7.91. The summed E-state index contributed by atoms with van der Waals surface area (Å²) >= 11 is 9.12. The number of aryl methyl sites for hydroxylation is 3. The van der Waals surface area contributed by atoms with E-state index in [-0.39, 0.29) is 22.1 Å². The third-order valence-corrected chi connectivity index (χ3v) is 10.4. The van der Waals surface area contributed by atoms with Gasteiger partial charge < -0.3 is 19.8 Å². The molecular formula is C33H43BBrCl2NO6S. The van der Waals surface area contributed by atoms with Gasteiger partial charge in [0.15, 0.2) is 0 Å². The first-order valence-electron chi connectivity index (χ1n) is 14.3. The molecule has 3 aromatic carbocycles. The number of nitrogens with two attached hydrogens (primary N) is 1. The summed E-state index contributed by atoms with van der Waals surface area (Å²) in [7, 11) is 2.66. The van der Waals surface area contributed by atoms with Gasteiger partial charge in [0, 0.05) is 26.7 Å². The molecule has 0 aromatic heterocycles. The van der Waals surface area contributed by atoms with Gasteiger partial charge >= 0.3 is 13.1 Å². The number of rotatable bonds is 5. The van der Waals surface area contributed by atoms with E-state index in [9.17, 15) is 13.2 Å². The summed E-state index contributed by atoms with van der Waals surface area (Å²) in [5.41, 5.74) is 9.13. The van der Waals surface area contributed by atoms with E-state index >= 15 is 0 Å². The molecule has 0 atom stereocenters. The molecule has 1 aliphatic heterocycles. The van der Waals surface area contributed by atoms with Crippen LogP contribution in [-0.4, -0.2) is 39.8 Å². The molecule has 0 spiro atoms. The topological polar surface area (TPSA) is 105 Å². The van der Waals surface area contributed by atoms with Gasteiger partial charge in [-0.05, 0) is 102 Å². The van der Waals surface area contributed by atoms with Crippen LogP contribution in [0.1, 0.15) is 69.4 Å². The predicted octanol–water partition coefficient (Wildman–Crippen LogP) is 7.54. The van der Waals surface area contributed by atoms with Crippen molar-refractivity contribution < 1.29 is 27.3 Å². The molecule has 7 nitrogen and oxygen atoms in total. The second kappa shape index (κ2) is 15.3. The fourth-order valence-corrected chi connectivity index (χ4v) is 7.03. The van der Waals surface area contributed by atoms with Crippen molar-refractivity contribution in [2.45, 2.75) is 90.4 Å². The molecule has 1 aliphatic rings. The van der Waals surface area contributed by atoms with Gasteiger partial charge in [0.1, 0.15) is 0 Å². The van der Waals surface area contributed by atoms with E-state index in [4.69, 9.17) is 42.1 Å². The average Bonchev–Trinajstić information content (AvgIpc) is 3.14. The second-order valence-corrected chi connectivity index (χ2v) is 16.3. The molecule has 0 bridgehead atoms. The Labute approximate surface area is 286 Å². The average molecular weight is 743 g/mol. The standard InChI is InChI=1S/C17H25BO4.C9H11ClO2S.C7H7BrClN/c1-15(2,14(19)20-7)12-9-8-10-13(11-12)18-21-16(3,4)17(5,6)22-18;1-6-4-7(2)9(8(3)5-6)13(10,11)12;8-6-2-1-5(4-10)7(9)3-6/h8-11H,1-7H3;4-5H,1-3H3;1-3H,4,10H2. The number of carbonyl (C=O) groups is 1. The van der Waals surface area contributed by atoms with Gasteiger partial charge in [-0.2, -0.15) is 0 Å². The summed E-state index contributed by atoms with van der Waals surface area (Å²) in [5, 5.41) is 0.719. The van der Waals surface area contributed by atoms with Crippen molar-refractivity contribution in [3.05, 3.63) is 91.9 Å². The van der Waals surface area contributed by atoms with Gasteiger partial charge in [-0.25, -0.2) is 8.42 Å². The minimum Gasteiger partial charge on any atom is -0.468 e. The summed E-state index contributed by atoms with van der Waals surface area (Å²) in [6.45, 7) is 17.7. The summed E-state index contributed by atoms with van der Waals surface area (Å²) in [6, 6.07) is 17.0. The van der Waals surface area contributed by atoms with Crippen LogP contribution in [0.3, 0.4) is 0 Å². The number of carbonyl (C=O) groups excluding carboxylic acids is 1. The molecule has 0 radical (unpaired) electrons. The van der Waals surface area contributed by atoms with Crippen LogP contribution in [0.15, 0.2) is 64.0 Å². The largest absolute Gasteiger partial charge is 0.494 e. The predicted molar refractivity (Wildman–Crippen MR) is 188 cm³/mol. The Morgan fingerprint density at radius 2 is 1.51 bits per heavy atom. The van der Waals surface area contributed by atoms with Crippen molar-refractivity contribution >= 4 is 65.8 Å². The van der Waals surface area contributed by atoms with Crippen molar-refractivity contribution in [2.24, 2.45) is 5.73 Å². The van der Waals surface area contributed by atoms with Gasteiger partial charge in [-0.15, -0.1) is 0 Å². The van der Waals surface area contributed by atoms with Crippen molar-refractivity contribution in [2.75, 3.05) is 7.11 Å². The second-order valence-electron chi connectivity index (χ2n) is 12.4. The van der Waals surface area contributed by atoms with Crippen LogP contribution >= 0.6 is 38.2 Å². The number of methoxy groups -OCH3 is 1. The fourth-order valence-electron chi connectivity index (χ4n) is 4.66. The lowest BCUT2D eigenvalue weighted by Gasteiger charge is -2.32. The smallest absolute Gasteiger partial charge is 0.468 e. The Kier molecular flexibility index (Phi) is 13.4. The summed E-state index contributed by atoms with van der Waals surface area (Å²) < 4.78 is 40.3. The van der Waals surface area contributed by atoms with E-state index in [0.717, 1.165) is 31.6 Å². The minimum absolute atomic E-state index is 0.236. The molecule has 0 aliphatic carbocycles. The maximum absolute atomic E-state index is 12.0. The lowest BCUT2D eigenvalue weighted by Crippen LogP contribution is -2.41. The SMILES string of the molecule is COC(=O)C(C)(C)c1cccc(B2OC(C)(C)C(C)(C)O2)c1.Cc1cc(C)c(S(=O)(=O)Cl)c(C)c1.NCc1ccc(Br)cc1Cl. The maximum Gasteiger partial charge on any atom is 0.494 e. The Hall–Kier alpha value is -1.92. The molecule has 45 heavy (non-hydrogen) atoms. The van der Waals surface area contributed by atoms with Crippen molar-refractivity contribution in [1.82, 2.24) is 0 Å². The molecule has 1 heterocycles. The first-order chi connectivity index (χ1) is 20.6. The molecule has 0 amide bonds. The zero-order valence-electron chi connectivity index (χ0n) is 27.5.